The highest BCUT2D eigenvalue weighted by Gasteiger charge is 2.24. The maximum absolute atomic E-state index is 12.1. The molecule has 1 unspecified atom stereocenters. The normalized spacial score (nSPS) is 19.4. The molecule has 2 N–H and O–H groups in total. The zero-order valence-corrected chi connectivity index (χ0v) is 12.1. The fraction of sp³-hybridized carbons (Fsp3) is 0.643. The van der Waals surface area contributed by atoms with Crippen LogP contribution in [0, 0.1) is 5.92 Å². The van der Waals surface area contributed by atoms with Gasteiger partial charge in [0.15, 0.2) is 0 Å². The van der Waals surface area contributed by atoms with Gasteiger partial charge in [-0.1, -0.05) is 6.92 Å². The molecule has 1 amide bonds. The molecule has 0 spiro atoms. The molecular formula is C14H21NO2S. The summed E-state index contributed by atoms with van der Waals surface area (Å²) in [6.07, 6.45) is 3.26. The summed E-state index contributed by atoms with van der Waals surface area (Å²) < 4.78 is 0. The molecule has 1 atom stereocenters. The summed E-state index contributed by atoms with van der Waals surface area (Å²) in [6.45, 7) is 5.93. The number of carbonyl (C=O) groups excluding carboxylic acids is 1. The zero-order chi connectivity index (χ0) is 13.3. The van der Waals surface area contributed by atoms with Crippen LogP contribution >= 0.6 is 11.3 Å². The standard InChI is InChI=1S/C14H21NO2S/c1-9-4-5-10-11(7-18-12(10)6-9)13(16)15-8-14(2,3)17/h7,9,17H,4-6,8H2,1-3H3,(H,15,16). The lowest BCUT2D eigenvalue weighted by molar-refractivity contribution is 0.0694. The van der Waals surface area contributed by atoms with E-state index in [0.717, 1.165) is 30.7 Å². The van der Waals surface area contributed by atoms with Crippen molar-refractivity contribution in [2.45, 2.75) is 45.6 Å². The molecule has 0 saturated carbocycles. The Labute approximate surface area is 112 Å². The Kier molecular flexibility index (Phi) is 3.78. The van der Waals surface area contributed by atoms with Crippen LogP contribution in [0.1, 0.15) is 48.0 Å². The number of aliphatic hydroxyl groups is 1. The average molecular weight is 267 g/mol. The lowest BCUT2D eigenvalue weighted by atomic mass is 9.88. The lowest BCUT2D eigenvalue weighted by Gasteiger charge is -2.20. The van der Waals surface area contributed by atoms with Crippen LogP contribution in [-0.4, -0.2) is 23.2 Å². The summed E-state index contributed by atoms with van der Waals surface area (Å²) in [7, 11) is 0. The summed E-state index contributed by atoms with van der Waals surface area (Å²) in [5, 5.41) is 14.4. The van der Waals surface area contributed by atoms with Gasteiger partial charge in [0.1, 0.15) is 0 Å². The van der Waals surface area contributed by atoms with Crippen molar-refractivity contribution in [3.05, 3.63) is 21.4 Å². The number of nitrogens with one attached hydrogen (secondary N) is 1. The highest BCUT2D eigenvalue weighted by Crippen LogP contribution is 2.32. The van der Waals surface area contributed by atoms with E-state index in [9.17, 15) is 9.90 Å². The summed E-state index contributed by atoms with van der Waals surface area (Å²) in [5.74, 6) is 0.674. The van der Waals surface area contributed by atoms with Gasteiger partial charge < -0.3 is 10.4 Å². The SMILES string of the molecule is CC1CCc2c(C(=O)NCC(C)(C)O)csc2C1. The van der Waals surface area contributed by atoms with E-state index in [4.69, 9.17) is 0 Å². The van der Waals surface area contributed by atoms with Crippen molar-refractivity contribution >= 4 is 17.2 Å². The van der Waals surface area contributed by atoms with Gasteiger partial charge in [-0.25, -0.2) is 0 Å². The molecule has 0 bridgehead atoms. The van der Waals surface area contributed by atoms with E-state index in [0.29, 0.717) is 0 Å². The van der Waals surface area contributed by atoms with Gasteiger partial charge in [0.25, 0.3) is 5.91 Å². The number of hydrogen-bond acceptors (Lipinski definition) is 3. The van der Waals surface area contributed by atoms with Gasteiger partial charge in [0, 0.05) is 16.8 Å². The Bertz CT molecular complexity index is 445. The quantitative estimate of drug-likeness (QED) is 0.883. The van der Waals surface area contributed by atoms with Crippen molar-refractivity contribution in [2.24, 2.45) is 5.92 Å². The van der Waals surface area contributed by atoms with Crippen molar-refractivity contribution < 1.29 is 9.90 Å². The Hall–Kier alpha value is -0.870. The predicted octanol–water partition coefficient (Wildman–Crippen LogP) is 2.37. The van der Waals surface area contributed by atoms with Gasteiger partial charge in [0.05, 0.1) is 11.2 Å². The number of hydrogen-bond donors (Lipinski definition) is 2. The van der Waals surface area contributed by atoms with Crippen LogP contribution in [-0.2, 0) is 12.8 Å². The molecule has 18 heavy (non-hydrogen) atoms. The third-order valence-corrected chi connectivity index (χ3v) is 4.38. The fourth-order valence-electron chi connectivity index (χ4n) is 2.26. The molecule has 0 aromatic carbocycles. The first kappa shape index (κ1) is 13.6. The van der Waals surface area contributed by atoms with E-state index in [1.54, 1.807) is 25.2 Å². The van der Waals surface area contributed by atoms with E-state index in [1.807, 2.05) is 5.38 Å². The molecular weight excluding hydrogens is 246 g/mol. The molecule has 2 rings (SSSR count). The third-order valence-electron chi connectivity index (χ3n) is 3.33. The van der Waals surface area contributed by atoms with Gasteiger partial charge in [-0.2, -0.15) is 0 Å². The third kappa shape index (κ3) is 3.12. The zero-order valence-electron chi connectivity index (χ0n) is 11.2. The van der Waals surface area contributed by atoms with E-state index < -0.39 is 5.60 Å². The second-order valence-electron chi connectivity index (χ2n) is 5.89. The number of carbonyl (C=O) groups is 1. The van der Waals surface area contributed by atoms with Crippen molar-refractivity contribution in [1.82, 2.24) is 5.32 Å². The average Bonchev–Trinajstić information content (AvgIpc) is 2.67. The first-order valence-electron chi connectivity index (χ1n) is 6.46. The molecule has 0 saturated heterocycles. The van der Waals surface area contributed by atoms with Gasteiger partial charge in [0.2, 0.25) is 0 Å². The summed E-state index contributed by atoms with van der Waals surface area (Å²) >= 11 is 1.69. The number of rotatable bonds is 3. The topological polar surface area (TPSA) is 49.3 Å². The minimum absolute atomic E-state index is 0.0517. The molecule has 0 radical (unpaired) electrons. The highest BCUT2D eigenvalue weighted by atomic mass is 32.1. The van der Waals surface area contributed by atoms with Crippen LogP contribution in [0.2, 0.25) is 0 Å². The number of fused-ring (bicyclic) bond motifs is 1. The Morgan fingerprint density at radius 3 is 3.00 bits per heavy atom. The van der Waals surface area contributed by atoms with Gasteiger partial charge >= 0.3 is 0 Å². The highest BCUT2D eigenvalue weighted by molar-refractivity contribution is 7.10. The monoisotopic (exact) mass is 267 g/mol. The van der Waals surface area contributed by atoms with Crippen LogP contribution < -0.4 is 5.32 Å². The van der Waals surface area contributed by atoms with Crippen LogP contribution in [0.25, 0.3) is 0 Å². The molecule has 3 nitrogen and oxygen atoms in total. The fourth-order valence-corrected chi connectivity index (χ4v) is 3.50. The molecule has 4 heteroatoms. The first-order chi connectivity index (χ1) is 8.37. The molecule has 100 valence electrons. The molecule has 1 heterocycles. The molecule has 1 aliphatic carbocycles. The van der Waals surface area contributed by atoms with E-state index in [1.165, 1.54) is 10.4 Å². The van der Waals surface area contributed by atoms with E-state index in [2.05, 4.69) is 12.2 Å². The smallest absolute Gasteiger partial charge is 0.252 e. The summed E-state index contributed by atoms with van der Waals surface area (Å²) in [4.78, 5) is 13.5. The molecule has 1 aromatic heterocycles. The summed E-state index contributed by atoms with van der Waals surface area (Å²) in [6, 6.07) is 0. The number of thiophene rings is 1. The number of amides is 1. The maximum atomic E-state index is 12.1. The minimum atomic E-state index is -0.861. The van der Waals surface area contributed by atoms with Crippen molar-refractivity contribution in [2.75, 3.05) is 6.54 Å². The van der Waals surface area contributed by atoms with Crippen molar-refractivity contribution in [3.63, 3.8) is 0 Å². The molecule has 1 aliphatic rings. The Morgan fingerprint density at radius 1 is 1.61 bits per heavy atom. The minimum Gasteiger partial charge on any atom is -0.389 e. The van der Waals surface area contributed by atoms with Crippen LogP contribution in [0.4, 0.5) is 0 Å². The van der Waals surface area contributed by atoms with Crippen molar-refractivity contribution in [3.8, 4) is 0 Å². The van der Waals surface area contributed by atoms with E-state index in [-0.39, 0.29) is 12.5 Å². The summed E-state index contributed by atoms with van der Waals surface area (Å²) in [5.41, 5.74) is 1.18. The van der Waals surface area contributed by atoms with Gasteiger partial charge in [-0.3, -0.25) is 4.79 Å². The Morgan fingerprint density at radius 2 is 2.33 bits per heavy atom. The van der Waals surface area contributed by atoms with Crippen molar-refractivity contribution in [1.29, 1.82) is 0 Å². The first-order valence-corrected chi connectivity index (χ1v) is 7.34. The van der Waals surface area contributed by atoms with Gasteiger partial charge in [-0.15, -0.1) is 11.3 Å². The second-order valence-corrected chi connectivity index (χ2v) is 6.86. The van der Waals surface area contributed by atoms with Crippen LogP contribution in [0.3, 0.4) is 0 Å². The molecule has 0 fully saturated rings. The lowest BCUT2D eigenvalue weighted by Crippen LogP contribution is -2.38. The van der Waals surface area contributed by atoms with Gasteiger partial charge in [-0.05, 0) is 44.6 Å². The second kappa shape index (κ2) is 5.02. The van der Waals surface area contributed by atoms with E-state index >= 15 is 0 Å². The molecule has 0 aliphatic heterocycles. The van der Waals surface area contributed by atoms with Crippen LogP contribution in [0.5, 0.6) is 0 Å². The Balaban J connectivity index is 2.08. The maximum Gasteiger partial charge on any atom is 0.252 e. The largest absolute Gasteiger partial charge is 0.389 e. The predicted molar refractivity (Wildman–Crippen MR) is 74.1 cm³/mol. The molecule has 1 aromatic rings. The van der Waals surface area contributed by atoms with Crippen LogP contribution in [0.15, 0.2) is 5.38 Å².